The molecule has 0 rings (SSSR count). The van der Waals surface area contributed by atoms with Gasteiger partial charge in [0.25, 0.3) is 0 Å². The van der Waals surface area contributed by atoms with Crippen molar-refractivity contribution in [3.8, 4) is 0 Å². The molecule has 0 aromatic rings. The summed E-state index contributed by atoms with van der Waals surface area (Å²) in [6.45, 7) is 6.52. The third kappa shape index (κ3) is 69.8. The summed E-state index contributed by atoms with van der Waals surface area (Å²) in [6, 6.07) is 0. The first-order chi connectivity index (χ1) is 41.0. The maximum absolute atomic E-state index is 12.9. The summed E-state index contributed by atoms with van der Waals surface area (Å²) in [5.41, 5.74) is 0. The number of hydrogen-bond acceptors (Lipinski definition) is 6. The van der Waals surface area contributed by atoms with Gasteiger partial charge in [-0.15, -0.1) is 0 Å². The van der Waals surface area contributed by atoms with Crippen molar-refractivity contribution in [2.75, 3.05) is 13.2 Å². The summed E-state index contributed by atoms with van der Waals surface area (Å²) in [4.78, 5) is 38.3. The van der Waals surface area contributed by atoms with Gasteiger partial charge in [0.15, 0.2) is 6.10 Å². The molecule has 6 nitrogen and oxygen atoms in total. The molecule has 83 heavy (non-hydrogen) atoms. The molecule has 0 bridgehead atoms. The lowest BCUT2D eigenvalue weighted by Gasteiger charge is -2.18. The van der Waals surface area contributed by atoms with E-state index >= 15 is 0 Å². The quantitative estimate of drug-likeness (QED) is 0.0261. The monoisotopic (exact) mass is 1160 g/mol. The smallest absolute Gasteiger partial charge is 0.306 e. The van der Waals surface area contributed by atoms with Crippen LogP contribution in [0.15, 0.2) is 60.8 Å². The minimum absolute atomic E-state index is 0.0910. The van der Waals surface area contributed by atoms with Crippen molar-refractivity contribution in [1.82, 2.24) is 0 Å². The second kappa shape index (κ2) is 71.6. The van der Waals surface area contributed by atoms with Gasteiger partial charge >= 0.3 is 17.9 Å². The van der Waals surface area contributed by atoms with Crippen LogP contribution in [0, 0.1) is 0 Å². The molecule has 0 aromatic heterocycles. The standard InChI is InChI=1S/C77H140O6/c1-4-7-10-13-16-19-22-25-27-29-30-31-32-33-34-35-36-37-38-39-40-41-42-43-44-45-46-48-49-52-55-58-61-64-67-70-76(79)82-73-74(72-81-75(78)69-66-63-60-57-54-51-24-21-18-15-12-9-6-3)83-77(80)71-68-65-62-59-56-53-50-47-28-26-23-20-17-14-11-8-5-2/h9,12,18,21,29-30,51,54,60,63,74H,4-8,10-11,13-17,19-20,22-28,31-50,52-53,55-59,61-62,64-73H2,1-3H3/b12-9-,21-18-,30-29-,54-51-,63-60-. The van der Waals surface area contributed by atoms with Crippen LogP contribution in [0.2, 0.25) is 0 Å². The zero-order valence-corrected chi connectivity index (χ0v) is 55.7. The van der Waals surface area contributed by atoms with E-state index in [1.165, 1.54) is 283 Å². The van der Waals surface area contributed by atoms with Gasteiger partial charge in [-0.2, -0.15) is 0 Å². The van der Waals surface area contributed by atoms with Crippen LogP contribution in [-0.4, -0.2) is 37.2 Å². The molecule has 0 N–H and O–H groups in total. The third-order valence-corrected chi connectivity index (χ3v) is 16.5. The van der Waals surface area contributed by atoms with Gasteiger partial charge in [0.05, 0.1) is 0 Å². The molecular weight excluding hydrogens is 1020 g/mol. The molecule has 0 aliphatic rings. The first kappa shape index (κ1) is 80.1. The van der Waals surface area contributed by atoms with Gasteiger partial charge in [-0.3, -0.25) is 14.4 Å². The minimum Gasteiger partial charge on any atom is -0.462 e. The van der Waals surface area contributed by atoms with Gasteiger partial charge in [0.2, 0.25) is 0 Å². The predicted molar refractivity (Wildman–Crippen MR) is 362 cm³/mol. The van der Waals surface area contributed by atoms with E-state index in [2.05, 4.69) is 75.5 Å². The third-order valence-electron chi connectivity index (χ3n) is 16.5. The van der Waals surface area contributed by atoms with Crippen molar-refractivity contribution in [1.29, 1.82) is 0 Å². The molecule has 0 amide bonds. The second-order valence-electron chi connectivity index (χ2n) is 24.8. The first-order valence-corrected chi connectivity index (χ1v) is 36.8. The van der Waals surface area contributed by atoms with Gasteiger partial charge < -0.3 is 14.2 Å². The Labute approximate surface area is 517 Å². The second-order valence-corrected chi connectivity index (χ2v) is 24.8. The fourth-order valence-corrected chi connectivity index (χ4v) is 11.0. The van der Waals surface area contributed by atoms with Crippen LogP contribution in [0.1, 0.15) is 393 Å². The number of rotatable bonds is 68. The number of unbranched alkanes of at least 4 members (excludes halogenated alkanes) is 47. The SMILES string of the molecule is CC/C=C\C/C=C\C/C=C\C/C=C\CCC(=O)OCC(COC(=O)CCCCCCCCCCCCCCCCCCCCCCCCC/C=C\CCCCCCCCCC)OC(=O)CCCCCCCCCCCCCCCCCCC. The Kier molecular flexibility index (Phi) is 69.1. The molecule has 0 aliphatic carbocycles. The molecule has 0 heterocycles. The lowest BCUT2D eigenvalue weighted by atomic mass is 10.0. The van der Waals surface area contributed by atoms with Crippen molar-refractivity contribution in [3.63, 3.8) is 0 Å². The van der Waals surface area contributed by atoms with E-state index in [4.69, 9.17) is 14.2 Å². The summed E-state index contributed by atoms with van der Waals surface area (Å²) in [5.74, 6) is -0.952. The van der Waals surface area contributed by atoms with E-state index in [1.54, 1.807) is 0 Å². The zero-order valence-electron chi connectivity index (χ0n) is 55.7. The van der Waals surface area contributed by atoms with E-state index in [0.717, 1.165) is 64.2 Å². The van der Waals surface area contributed by atoms with Crippen molar-refractivity contribution >= 4 is 17.9 Å². The number of hydrogen-bond donors (Lipinski definition) is 0. The van der Waals surface area contributed by atoms with Crippen molar-refractivity contribution < 1.29 is 28.6 Å². The molecule has 0 spiro atoms. The lowest BCUT2D eigenvalue weighted by molar-refractivity contribution is -0.166. The average molecular weight is 1160 g/mol. The van der Waals surface area contributed by atoms with Gasteiger partial charge in [-0.25, -0.2) is 0 Å². The van der Waals surface area contributed by atoms with E-state index in [9.17, 15) is 14.4 Å². The number of carbonyl (C=O) groups excluding carboxylic acids is 3. The summed E-state index contributed by atoms with van der Waals surface area (Å²) in [5, 5.41) is 0. The summed E-state index contributed by atoms with van der Waals surface area (Å²) in [6.07, 6.45) is 93.0. The molecule has 6 heteroatoms. The van der Waals surface area contributed by atoms with Crippen LogP contribution in [0.4, 0.5) is 0 Å². The molecule has 1 atom stereocenters. The maximum atomic E-state index is 12.9. The summed E-state index contributed by atoms with van der Waals surface area (Å²) in [7, 11) is 0. The highest BCUT2D eigenvalue weighted by molar-refractivity contribution is 5.71. The fourth-order valence-electron chi connectivity index (χ4n) is 11.0. The fraction of sp³-hybridized carbons (Fsp3) is 0.831. The molecule has 0 fully saturated rings. The Morgan fingerprint density at radius 2 is 0.494 bits per heavy atom. The summed E-state index contributed by atoms with van der Waals surface area (Å²) >= 11 is 0. The number of allylic oxidation sites excluding steroid dienone is 10. The normalized spacial score (nSPS) is 12.4. The highest BCUT2D eigenvalue weighted by Gasteiger charge is 2.19. The van der Waals surface area contributed by atoms with Gasteiger partial charge in [-0.05, 0) is 70.6 Å². The molecule has 0 radical (unpaired) electrons. The number of carbonyl (C=O) groups is 3. The maximum Gasteiger partial charge on any atom is 0.306 e. The Morgan fingerprint density at radius 3 is 0.807 bits per heavy atom. The number of ether oxygens (including phenoxy) is 3. The zero-order chi connectivity index (χ0) is 59.9. The topological polar surface area (TPSA) is 78.9 Å². The Hall–Kier alpha value is -2.89. The largest absolute Gasteiger partial charge is 0.462 e. The van der Waals surface area contributed by atoms with Crippen molar-refractivity contribution in [2.24, 2.45) is 0 Å². The van der Waals surface area contributed by atoms with Gasteiger partial charge in [0, 0.05) is 19.3 Å². The van der Waals surface area contributed by atoms with Crippen molar-refractivity contribution in [3.05, 3.63) is 60.8 Å². The Balaban J connectivity index is 4.10. The molecule has 0 aromatic carbocycles. The van der Waals surface area contributed by atoms with Crippen LogP contribution in [0.3, 0.4) is 0 Å². The van der Waals surface area contributed by atoms with Crippen LogP contribution < -0.4 is 0 Å². The van der Waals surface area contributed by atoms with Gasteiger partial charge in [-0.1, -0.05) is 364 Å². The summed E-state index contributed by atoms with van der Waals surface area (Å²) < 4.78 is 16.9. The van der Waals surface area contributed by atoms with Crippen molar-refractivity contribution in [2.45, 2.75) is 399 Å². The average Bonchev–Trinajstić information content (AvgIpc) is 3.49. The highest BCUT2D eigenvalue weighted by Crippen LogP contribution is 2.19. The van der Waals surface area contributed by atoms with Crippen LogP contribution in [0.5, 0.6) is 0 Å². The van der Waals surface area contributed by atoms with E-state index in [1.807, 2.05) is 6.08 Å². The van der Waals surface area contributed by atoms with E-state index in [-0.39, 0.29) is 37.5 Å². The first-order valence-electron chi connectivity index (χ1n) is 36.8. The minimum atomic E-state index is -0.801. The lowest BCUT2D eigenvalue weighted by Crippen LogP contribution is -2.30. The molecule has 0 aliphatic heterocycles. The van der Waals surface area contributed by atoms with E-state index in [0.29, 0.717) is 19.3 Å². The number of esters is 3. The van der Waals surface area contributed by atoms with Gasteiger partial charge in [0.1, 0.15) is 13.2 Å². The van der Waals surface area contributed by atoms with E-state index < -0.39 is 6.10 Å². The molecule has 1 unspecified atom stereocenters. The predicted octanol–water partition coefficient (Wildman–Crippen LogP) is 25.5. The van der Waals surface area contributed by atoms with Crippen LogP contribution in [-0.2, 0) is 28.6 Å². The Bertz CT molecular complexity index is 1470. The molecule has 484 valence electrons. The molecular formula is C77H140O6. The van der Waals surface area contributed by atoms with Crippen LogP contribution >= 0.6 is 0 Å². The molecule has 0 saturated carbocycles. The van der Waals surface area contributed by atoms with Crippen LogP contribution in [0.25, 0.3) is 0 Å². The highest BCUT2D eigenvalue weighted by atomic mass is 16.6. The molecule has 0 saturated heterocycles. The Morgan fingerprint density at radius 1 is 0.253 bits per heavy atom.